The second-order valence-electron chi connectivity index (χ2n) is 4.73. The van der Waals surface area contributed by atoms with Crippen LogP contribution in [0.2, 0.25) is 0 Å². The fraction of sp³-hybridized carbons (Fsp3) is 0.118. The summed E-state index contributed by atoms with van der Waals surface area (Å²) in [6.45, 7) is 0. The Labute approximate surface area is 136 Å². The van der Waals surface area contributed by atoms with Gasteiger partial charge in [0.25, 0.3) is 0 Å². The highest BCUT2D eigenvalue weighted by molar-refractivity contribution is 7.13. The smallest absolute Gasteiger partial charge is 0.161 e. The van der Waals surface area contributed by atoms with E-state index in [1.54, 1.807) is 31.7 Å². The Hall–Kier alpha value is -2.47. The molecule has 0 spiro atoms. The summed E-state index contributed by atoms with van der Waals surface area (Å²) in [5.74, 6) is 0.195. The van der Waals surface area contributed by atoms with Gasteiger partial charge in [0.05, 0.1) is 19.9 Å². The molecule has 118 valence electrons. The average Bonchev–Trinajstić information content (AvgIpc) is 3.06. The largest absolute Gasteiger partial charge is 0.493 e. The van der Waals surface area contributed by atoms with E-state index in [1.807, 2.05) is 6.07 Å². The summed E-state index contributed by atoms with van der Waals surface area (Å²) < 4.78 is 37.6. The van der Waals surface area contributed by atoms with Crippen LogP contribution in [0.3, 0.4) is 0 Å². The molecule has 0 amide bonds. The molecule has 0 aliphatic carbocycles. The molecule has 0 atom stereocenters. The van der Waals surface area contributed by atoms with Crippen molar-refractivity contribution in [2.75, 3.05) is 14.2 Å². The lowest BCUT2D eigenvalue weighted by atomic mass is 10.1. The van der Waals surface area contributed by atoms with Gasteiger partial charge in [-0.1, -0.05) is 0 Å². The number of aromatic nitrogens is 1. The van der Waals surface area contributed by atoms with Gasteiger partial charge < -0.3 is 9.47 Å². The molecule has 0 saturated carbocycles. The van der Waals surface area contributed by atoms with Crippen molar-refractivity contribution in [3.05, 3.63) is 53.4 Å². The quantitative estimate of drug-likeness (QED) is 0.689. The van der Waals surface area contributed by atoms with Crippen molar-refractivity contribution in [2.45, 2.75) is 0 Å². The van der Waals surface area contributed by atoms with Gasteiger partial charge in [0.2, 0.25) is 0 Å². The molecule has 3 nitrogen and oxygen atoms in total. The Bertz CT molecular complexity index is 848. The number of benzene rings is 2. The lowest BCUT2D eigenvalue weighted by Crippen LogP contribution is -1.91. The van der Waals surface area contributed by atoms with Crippen LogP contribution in [-0.2, 0) is 0 Å². The third-order valence-electron chi connectivity index (χ3n) is 3.34. The summed E-state index contributed by atoms with van der Waals surface area (Å²) >= 11 is 1.35. The average molecular weight is 333 g/mol. The Balaban J connectivity index is 2.00. The molecule has 0 radical (unpaired) electrons. The van der Waals surface area contributed by atoms with E-state index in [1.165, 1.54) is 11.3 Å². The highest BCUT2D eigenvalue weighted by Crippen LogP contribution is 2.35. The van der Waals surface area contributed by atoms with Crippen LogP contribution in [-0.4, -0.2) is 19.2 Å². The lowest BCUT2D eigenvalue weighted by Gasteiger charge is -2.08. The Morgan fingerprint density at radius 1 is 0.957 bits per heavy atom. The molecule has 0 aliphatic heterocycles. The summed E-state index contributed by atoms with van der Waals surface area (Å²) in [5.41, 5.74) is 1.36. The van der Waals surface area contributed by atoms with Crippen molar-refractivity contribution in [2.24, 2.45) is 0 Å². The van der Waals surface area contributed by atoms with Gasteiger partial charge in [-0.05, 0) is 36.4 Å². The number of hydrogen-bond acceptors (Lipinski definition) is 4. The molecule has 1 heterocycles. The molecule has 0 aliphatic rings. The third kappa shape index (κ3) is 3.03. The van der Waals surface area contributed by atoms with Gasteiger partial charge in [-0.25, -0.2) is 13.8 Å². The van der Waals surface area contributed by atoms with Crippen molar-refractivity contribution < 1.29 is 18.3 Å². The SMILES string of the molecule is COc1ccc(-c2nc(-c3cc(F)ccc3F)cs2)cc1OC. The van der Waals surface area contributed by atoms with Crippen LogP contribution in [0.5, 0.6) is 11.5 Å². The van der Waals surface area contributed by atoms with Gasteiger partial charge in [-0.2, -0.15) is 0 Å². The molecule has 0 saturated heterocycles. The highest BCUT2D eigenvalue weighted by atomic mass is 32.1. The minimum Gasteiger partial charge on any atom is -0.493 e. The van der Waals surface area contributed by atoms with Gasteiger partial charge in [-0.15, -0.1) is 11.3 Å². The predicted octanol–water partition coefficient (Wildman–Crippen LogP) is 4.77. The van der Waals surface area contributed by atoms with Gasteiger partial charge in [-0.3, -0.25) is 0 Å². The molecule has 0 fully saturated rings. The first kappa shape index (κ1) is 15.4. The predicted molar refractivity (Wildman–Crippen MR) is 86.0 cm³/mol. The number of methoxy groups -OCH3 is 2. The molecule has 0 N–H and O–H groups in total. The van der Waals surface area contributed by atoms with Crippen molar-refractivity contribution in [1.82, 2.24) is 4.98 Å². The van der Waals surface area contributed by atoms with E-state index in [0.717, 1.165) is 23.8 Å². The number of ether oxygens (including phenoxy) is 2. The fourth-order valence-corrected chi connectivity index (χ4v) is 3.01. The zero-order chi connectivity index (χ0) is 16.4. The monoisotopic (exact) mass is 333 g/mol. The maximum atomic E-state index is 13.8. The van der Waals surface area contributed by atoms with E-state index in [-0.39, 0.29) is 5.56 Å². The standard InChI is InChI=1S/C17H13F2NO2S/c1-21-15-6-3-10(7-16(15)22-2)17-20-14(9-23-17)12-8-11(18)4-5-13(12)19/h3-9H,1-2H3. The van der Waals surface area contributed by atoms with Crippen molar-refractivity contribution in [3.8, 4) is 33.3 Å². The Morgan fingerprint density at radius 2 is 1.74 bits per heavy atom. The topological polar surface area (TPSA) is 31.4 Å². The number of halogens is 2. The maximum Gasteiger partial charge on any atom is 0.161 e. The van der Waals surface area contributed by atoms with Gasteiger partial charge in [0.15, 0.2) is 11.5 Å². The molecule has 2 aromatic carbocycles. The van der Waals surface area contributed by atoms with E-state index >= 15 is 0 Å². The summed E-state index contributed by atoms with van der Waals surface area (Å²) in [6.07, 6.45) is 0. The minimum atomic E-state index is -0.504. The number of rotatable bonds is 4. The first-order valence-electron chi connectivity index (χ1n) is 6.75. The summed E-state index contributed by atoms with van der Waals surface area (Å²) in [4.78, 5) is 4.40. The van der Waals surface area contributed by atoms with Crippen molar-refractivity contribution >= 4 is 11.3 Å². The van der Waals surface area contributed by atoms with Crippen molar-refractivity contribution in [3.63, 3.8) is 0 Å². The molecule has 0 bridgehead atoms. The van der Waals surface area contributed by atoms with Crippen LogP contribution < -0.4 is 9.47 Å². The van der Waals surface area contributed by atoms with E-state index < -0.39 is 11.6 Å². The summed E-state index contributed by atoms with van der Waals surface area (Å²) in [6, 6.07) is 8.73. The van der Waals surface area contributed by atoms with E-state index in [9.17, 15) is 8.78 Å². The molecule has 6 heteroatoms. The Kier molecular flexibility index (Phi) is 4.25. The number of nitrogens with zero attached hydrogens (tertiary/aromatic N) is 1. The van der Waals surface area contributed by atoms with Crippen molar-refractivity contribution in [1.29, 1.82) is 0 Å². The molecule has 3 aromatic rings. The molecular formula is C17H13F2NO2S. The van der Waals surface area contributed by atoms with E-state index in [4.69, 9.17) is 9.47 Å². The fourth-order valence-electron chi connectivity index (χ4n) is 2.19. The Morgan fingerprint density at radius 3 is 2.48 bits per heavy atom. The minimum absolute atomic E-state index is 0.146. The second-order valence-corrected chi connectivity index (χ2v) is 5.59. The van der Waals surface area contributed by atoms with Gasteiger partial charge in [0, 0.05) is 16.5 Å². The van der Waals surface area contributed by atoms with E-state index in [2.05, 4.69) is 4.98 Å². The molecule has 23 heavy (non-hydrogen) atoms. The summed E-state index contributed by atoms with van der Waals surface area (Å²) in [7, 11) is 3.11. The third-order valence-corrected chi connectivity index (χ3v) is 4.23. The lowest BCUT2D eigenvalue weighted by molar-refractivity contribution is 0.355. The van der Waals surface area contributed by atoms with Crippen LogP contribution in [0, 0.1) is 11.6 Å². The second kappa shape index (κ2) is 6.34. The molecule has 1 aromatic heterocycles. The van der Waals surface area contributed by atoms with Crippen LogP contribution in [0.1, 0.15) is 0 Å². The zero-order valence-corrected chi connectivity index (χ0v) is 13.3. The van der Waals surface area contributed by atoms with Gasteiger partial charge >= 0.3 is 0 Å². The highest BCUT2D eigenvalue weighted by Gasteiger charge is 2.13. The number of thiazole rings is 1. The van der Waals surface area contributed by atoms with Crippen LogP contribution in [0.15, 0.2) is 41.8 Å². The zero-order valence-electron chi connectivity index (χ0n) is 12.5. The molecular weight excluding hydrogens is 320 g/mol. The van der Waals surface area contributed by atoms with E-state index in [0.29, 0.717) is 22.2 Å². The molecule has 0 unspecified atom stereocenters. The van der Waals surface area contributed by atoms with Crippen LogP contribution in [0.4, 0.5) is 8.78 Å². The van der Waals surface area contributed by atoms with Crippen LogP contribution in [0.25, 0.3) is 21.8 Å². The first-order chi connectivity index (χ1) is 11.1. The molecule has 3 rings (SSSR count). The van der Waals surface area contributed by atoms with Crippen LogP contribution >= 0.6 is 11.3 Å². The summed E-state index contributed by atoms with van der Waals surface area (Å²) in [5, 5.41) is 2.38. The number of hydrogen-bond donors (Lipinski definition) is 0. The van der Waals surface area contributed by atoms with Gasteiger partial charge in [0.1, 0.15) is 16.6 Å². The normalized spacial score (nSPS) is 10.6. The first-order valence-corrected chi connectivity index (χ1v) is 7.63. The maximum absolute atomic E-state index is 13.8.